The topological polar surface area (TPSA) is 76.0 Å². The van der Waals surface area contributed by atoms with Crippen molar-refractivity contribution in [2.24, 2.45) is 4.99 Å². The van der Waals surface area contributed by atoms with Gasteiger partial charge < -0.3 is 9.64 Å². The van der Waals surface area contributed by atoms with E-state index < -0.39 is 15.9 Å². The lowest BCUT2D eigenvalue weighted by molar-refractivity contribution is -0.126. The Labute approximate surface area is 155 Å². The molecule has 0 saturated carbocycles. The summed E-state index contributed by atoms with van der Waals surface area (Å²) in [7, 11) is -3.08. The molecule has 1 amide bonds. The number of carbonyl (C=O) groups excluding carboxylic acids is 1. The Morgan fingerprint density at radius 3 is 2.72 bits per heavy atom. The van der Waals surface area contributed by atoms with E-state index in [0.29, 0.717) is 23.2 Å². The smallest absolute Gasteiger partial charge is 0.277 e. The maximum atomic E-state index is 12.4. The predicted octanol–water partition coefficient (Wildman–Crippen LogP) is 2.12. The number of nitrogens with zero attached hydrogens (tertiary/aromatic N) is 2. The van der Waals surface area contributed by atoms with E-state index in [4.69, 9.17) is 16.3 Å². The van der Waals surface area contributed by atoms with Crippen LogP contribution >= 0.6 is 23.4 Å². The normalized spacial score (nSPS) is 32.3. The summed E-state index contributed by atoms with van der Waals surface area (Å²) in [6.45, 7) is 0.582. The first-order valence-corrected chi connectivity index (χ1v) is 11.2. The number of rotatable bonds is 2. The second-order valence-corrected chi connectivity index (χ2v) is 10.2. The third-order valence-electron chi connectivity index (χ3n) is 4.58. The number of ether oxygens (including phenoxy) is 1. The van der Waals surface area contributed by atoms with Crippen molar-refractivity contribution in [3.63, 3.8) is 0 Å². The molecule has 1 aromatic rings. The molecule has 3 atom stereocenters. The van der Waals surface area contributed by atoms with Gasteiger partial charge in [-0.3, -0.25) is 4.79 Å². The van der Waals surface area contributed by atoms with Crippen molar-refractivity contribution in [1.82, 2.24) is 0 Å². The molecule has 3 heterocycles. The number of fused-ring (bicyclic) bond motifs is 1. The van der Waals surface area contributed by atoms with E-state index in [9.17, 15) is 13.2 Å². The number of amides is 1. The van der Waals surface area contributed by atoms with E-state index >= 15 is 0 Å². The van der Waals surface area contributed by atoms with Gasteiger partial charge in [0.2, 0.25) is 0 Å². The summed E-state index contributed by atoms with van der Waals surface area (Å²) in [4.78, 5) is 18.5. The second-order valence-electron chi connectivity index (χ2n) is 6.38. The Bertz CT molecular complexity index is 819. The Morgan fingerprint density at radius 1 is 1.28 bits per heavy atom. The summed E-state index contributed by atoms with van der Waals surface area (Å²) in [5.74, 6) is -0.109. The van der Waals surface area contributed by atoms with Crippen LogP contribution in [0, 0.1) is 0 Å². The molecule has 0 spiro atoms. The molecule has 3 aliphatic heterocycles. The van der Waals surface area contributed by atoms with E-state index in [1.165, 1.54) is 11.8 Å². The van der Waals surface area contributed by atoms with E-state index in [0.717, 1.165) is 12.1 Å². The van der Waals surface area contributed by atoms with Gasteiger partial charge >= 0.3 is 0 Å². The average molecular weight is 401 g/mol. The number of thioether (sulfide) groups is 1. The van der Waals surface area contributed by atoms with Gasteiger partial charge in [0.1, 0.15) is 6.10 Å². The fourth-order valence-corrected chi connectivity index (χ4v) is 7.45. The largest absolute Gasteiger partial charge is 0.368 e. The number of hydrogen-bond donors (Lipinski definition) is 0. The van der Waals surface area contributed by atoms with Gasteiger partial charge in [0, 0.05) is 22.6 Å². The average Bonchev–Trinajstić information content (AvgIpc) is 3.23. The van der Waals surface area contributed by atoms with Gasteiger partial charge in [-0.1, -0.05) is 23.4 Å². The van der Waals surface area contributed by atoms with Crippen LogP contribution in [0.2, 0.25) is 5.02 Å². The standard InChI is InChI=1S/C16H17ClN2O4S2/c17-10-3-5-11(6-4-10)19-12-8-25(21,22)9-14(12)24-16(19)18-15(20)13-2-1-7-23-13/h3-6,12-14H,1-2,7-9H2/t12-,13+,14-/m1/s1. The summed E-state index contributed by atoms with van der Waals surface area (Å²) in [6, 6.07) is 6.92. The predicted molar refractivity (Wildman–Crippen MR) is 99.2 cm³/mol. The summed E-state index contributed by atoms with van der Waals surface area (Å²) < 4.78 is 29.5. The highest BCUT2D eigenvalue weighted by Crippen LogP contribution is 2.41. The van der Waals surface area contributed by atoms with E-state index in [1.54, 1.807) is 12.1 Å². The lowest BCUT2D eigenvalue weighted by atomic mass is 10.2. The lowest BCUT2D eigenvalue weighted by Crippen LogP contribution is -2.38. The Morgan fingerprint density at radius 2 is 2.04 bits per heavy atom. The van der Waals surface area contributed by atoms with Crippen LogP contribution < -0.4 is 4.90 Å². The highest BCUT2D eigenvalue weighted by Gasteiger charge is 2.49. The molecule has 4 rings (SSSR count). The summed E-state index contributed by atoms with van der Waals surface area (Å²) >= 11 is 7.33. The number of sulfone groups is 1. The maximum absolute atomic E-state index is 12.4. The van der Waals surface area contributed by atoms with Crippen molar-refractivity contribution < 1.29 is 17.9 Å². The fourth-order valence-electron chi connectivity index (χ4n) is 3.41. The van der Waals surface area contributed by atoms with E-state index in [1.807, 2.05) is 17.0 Å². The van der Waals surface area contributed by atoms with Gasteiger partial charge in [-0.15, -0.1) is 0 Å². The summed E-state index contributed by atoms with van der Waals surface area (Å²) in [6.07, 6.45) is 1.06. The molecule has 0 N–H and O–H groups in total. The van der Waals surface area contributed by atoms with E-state index in [-0.39, 0.29) is 28.7 Å². The quantitative estimate of drug-likeness (QED) is 0.756. The second kappa shape index (κ2) is 6.57. The molecule has 134 valence electrons. The monoisotopic (exact) mass is 400 g/mol. The highest BCUT2D eigenvalue weighted by molar-refractivity contribution is 8.16. The van der Waals surface area contributed by atoms with Crippen LogP contribution in [0.3, 0.4) is 0 Å². The lowest BCUT2D eigenvalue weighted by Gasteiger charge is -2.24. The minimum Gasteiger partial charge on any atom is -0.368 e. The minimum atomic E-state index is -3.08. The molecule has 3 fully saturated rings. The zero-order valence-electron chi connectivity index (χ0n) is 13.3. The van der Waals surface area contributed by atoms with Gasteiger partial charge in [0.25, 0.3) is 5.91 Å². The zero-order valence-corrected chi connectivity index (χ0v) is 15.7. The Hall–Kier alpha value is -1.09. The third-order valence-corrected chi connectivity index (χ3v) is 8.04. The van der Waals surface area contributed by atoms with E-state index in [2.05, 4.69) is 4.99 Å². The molecule has 9 heteroatoms. The highest BCUT2D eigenvalue weighted by atomic mass is 35.5. The van der Waals surface area contributed by atoms with Gasteiger partial charge in [-0.2, -0.15) is 4.99 Å². The third kappa shape index (κ3) is 3.45. The number of anilines is 1. The molecule has 3 saturated heterocycles. The SMILES string of the molecule is O=C(N=C1S[C@@H]2CS(=O)(=O)C[C@H]2N1c1ccc(Cl)cc1)[C@@H]1CCCO1. The molecule has 6 nitrogen and oxygen atoms in total. The Kier molecular flexibility index (Phi) is 4.56. The minimum absolute atomic E-state index is 0.0699. The van der Waals surface area contributed by atoms with Crippen LogP contribution in [0.25, 0.3) is 0 Å². The zero-order chi connectivity index (χ0) is 17.6. The number of benzene rings is 1. The molecule has 25 heavy (non-hydrogen) atoms. The van der Waals surface area contributed by atoms with Gasteiger partial charge in [-0.25, -0.2) is 8.42 Å². The molecule has 1 aromatic carbocycles. The first-order chi connectivity index (χ1) is 11.9. The number of amidine groups is 1. The van der Waals surface area contributed by atoms with Gasteiger partial charge in [0.15, 0.2) is 15.0 Å². The van der Waals surface area contributed by atoms with Crippen LogP contribution in [0.4, 0.5) is 5.69 Å². The number of hydrogen-bond acceptors (Lipinski definition) is 5. The molecular formula is C16H17ClN2O4S2. The van der Waals surface area contributed by atoms with Crippen LogP contribution in [0.5, 0.6) is 0 Å². The van der Waals surface area contributed by atoms with Crippen molar-refractivity contribution in [2.75, 3.05) is 23.0 Å². The number of halogens is 1. The fraction of sp³-hybridized carbons (Fsp3) is 0.500. The van der Waals surface area contributed by atoms with Crippen LogP contribution in [0.1, 0.15) is 12.8 Å². The van der Waals surface area contributed by atoms with Crippen molar-refractivity contribution in [3.8, 4) is 0 Å². The van der Waals surface area contributed by atoms with Crippen LogP contribution in [0.15, 0.2) is 29.3 Å². The summed E-state index contributed by atoms with van der Waals surface area (Å²) in [5, 5.41) is 1.03. The molecule has 0 aromatic heterocycles. The number of carbonyl (C=O) groups is 1. The molecule has 0 unspecified atom stereocenters. The van der Waals surface area contributed by atoms with Crippen molar-refractivity contribution in [3.05, 3.63) is 29.3 Å². The summed E-state index contributed by atoms with van der Waals surface area (Å²) in [5.41, 5.74) is 0.792. The molecular weight excluding hydrogens is 384 g/mol. The maximum Gasteiger partial charge on any atom is 0.277 e. The molecule has 3 aliphatic rings. The van der Waals surface area contributed by atoms with Crippen molar-refractivity contribution in [1.29, 1.82) is 0 Å². The first-order valence-electron chi connectivity index (χ1n) is 8.09. The van der Waals surface area contributed by atoms with Crippen molar-refractivity contribution in [2.45, 2.75) is 30.2 Å². The van der Waals surface area contributed by atoms with Crippen LogP contribution in [-0.4, -0.2) is 55.0 Å². The van der Waals surface area contributed by atoms with Gasteiger partial charge in [-0.05, 0) is 37.1 Å². The Balaban J connectivity index is 1.68. The van der Waals surface area contributed by atoms with Gasteiger partial charge in [0.05, 0.1) is 17.5 Å². The first kappa shape index (κ1) is 17.3. The van der Waals surface area contributed by atoms with Crippen molar-refractivity contribution >= 4 is 50.0 Å². The molecule has 0 radical (unpaired) electrons. The van der Waals surface area contributed by atoms with Crippen LogP contribution in [-0.2, 0) is 19.4 Å². The number of aliphatic imine (C=N–C) groups is 1. The molecule has 0 bridgehead atoms. The molecule has 0 aliphatic carbocycles.